The number of rotatable bonds is 5. The molecule has 4 rings (SSSR count). The lowest BCUT2D eigenvalue weighted by Gasteiger charge is -2.19. The van der Waals surface area contributed by atoms with E-state index in [1.54, 1.807) is 42.7 Å². The maximum absolute atomic E-state index is 12.4. The van der Waals surface area contributed by atoms with Gasteiger partial charge in [-0.15, -0.1) is 0 Å². The highest BCUT2D eigenvalue weighted by Crippen LogP contribution is 2.35. The van der Waals surface area contributed by atoms with Crippen LogP contribution in [0.2, 0.25) is 0 Å². The number of fused-ring (bicyclic) bond motifs is 1. The van der Waals surface area contributed by atoms with Gasteiger partial charge in [0.25, 0.3) is 0 Å². The van der Waals surface area contributed by atoms with Crippen molar-refractivity contribution in [3.63, 3.8) is 0 Å². The van der Waals surface area contributed by atoms with Crippen LogP contribution in [0.15, 0.2) is 59.3 Å². The standard InChI is InChI=1S/C20H16BrN3O4/c21-16-12-18-17(26-8-9-27-18)10-13(16)11-19(25)24-14-2-4-15(5-3-14)28-20-22-6-1-7-23-20/h1-7,10,12H,8-9,11H2,(H,24,25). The number of hydrogen-bond acceptors (Lipinski definition) is 6. The van der Waals surface area contributed by atoms with Gasteiger partial charge >= 0.3 is 6.01 Å². The van der Waals surface area contributed by atoms with Gasteiger partial charge in [-0.1, -0.05) is 15.9 Å². The Bertz CT molecular complexity index is 981. The van der Waals surface area contributed by atoms with Crippen LogP contribution in [-0.2, 0) is 11.2 Å². The maximum atomic E-state index is 12.4. The Hall–Kier alpha value is -3.13. The molecule has 0 aliphatic carbocycles. The number of halogens is 1. The molecule has 1 aliphatic rings. The first-order chi connectivity index (χ1) is 13.7. The predicted molar refractivity (Wildman–Crippen MR) is 106 cm³/mol. The van der Waals surface area contributed by atoms with Crippen molar-refractivity contribution >= 4 is 27.5 Å². The van der Waals surface area contributed by atoms with Crippen LogP contribution in [0.25, 0.3) is 0 Å². The Labute approximate surface area is 169 Å². The summed E-state index contributed by atoms with van der Waals surface area (Å²) in [5.41, 5.74) is 1.49. The van der Waals surface area contributed by atoms with Crippen LogP contribution in [0.4, 0.5) is 5.69 Å². The molecule has 0 atom stereocenters. The quantitative estimate of drug-likeness (QED) is 0.644. The van der Waals surface area contributed by atoms with Crippen molar-refractivity contribution in [3.05, 3.63) is 64.9 Å². The first kappa shape index (κ1) is 18.2. The Morgan fingerprint density at radius 1 is 1.07 bits per heavy atom. The summed E-state index contributed by atoms with van der Waals surface area (Å²) in [6.07, 6.45) is 3.41. The van der Waals surface area contributed by atoms with Gasteiger partial charge in [0.2, 0.25) is 5.91 Å². The molecular formula is C20H16BrN3O4. The number of amides is 1. The average Bonchev–Trinajstić information content (AvgIpc) is 2.71. The number of carbonyl (C=O) groups excluding carboxylic acids is 1. The van der Waals surface area contributed by atoms with Gasteiger partial charge in [-0.25, -0.2) is 9.97 Å². The van der Waals surface area contributed by atoms with Gasteiger partial charge in [-0.2, -0.15) is 0 Å². The van der Waals surface area contributed by atoms with Crippen LogP contribution in [0, 0.1) is 0 Å². The number of hydrogen-bond donors (Lipinski definition) is 1. The number of ether oxygens (including phenoxy) is 3. The largest absolute Gasteiger partial charge is 0.486 e. The second-order valence-electron chi connectivity index (χ2n) is 5.97. The Kier molecular flexibility index (Phi) is 5.38. The summed E-state index contributed by atoms with van der Waals surface area (Å²) in [6.45, 7) is 1.03. The molecule has 142 valence electrons. The summed E-state index contributed by atoms with van der Waals surface area (Å²) in [5, 5.41) is 2.87. The summed E-state index contributed by atoms with van der Waals surface area (Å²) >= 11 is 3.49. The number of nitrogens with zero attached hydrogens (tertiary/aromatic N) is 2. The van der Waals surface area contributed by atoms with Crippen molar-refractivity contribution in [3.8, 4) is 23.3 Å². The molecule has 0 fully saturated rings. The molecular weight excluding hydrogens is 426 g/mol. The second kappa shape index (κ2) is 8.26. The molecule has 1 aliphatic heterocycles. The van der Waals surface area contributed by atoms with E-state index in [2.05, 4.69) is 31.2 Å². The minimum Gasteiger partial charge on any atom is -0.486 e. The average molecular weight is 442 g/mol. The number of carbonyl (C=O) groups is 1. The van der Waals surface area contributed by atoms with Crippen LogP contribution < -0.4 is 19.5 Å². The van der Waals surface area contributed by atoms with Crippen LogP contribution >= 0.6 is 15.9 Å². The highest BCUT2D eigenvalue weighted by molar-refractivity contribution is 9.10. The fourth-order valence-electron chi connectivity index (χ4n) is 2.67. The molecule has 2 heterocycles. The Morgan fingerprint density at radius 3 is 2.46 bits per heavy atom. The fraction of sp³-hybridized carbons (Fsp3) is 0.150. The lowest BCUT2D eigenvalue weighted by Crippen LogP contribution is -2.17. The number of aromatic nitrogens is 2. The van der Waals surface area contributed by atoms with Crippen LogP contribution in [-0.4, -0.2) is 29.1 Å². The van der Waals surface area contributed by atoms with E-state index >= 15 is 0 Å². The van der Waals surface area contributed by atoms with Crippen molar-refractivity contribution in [2.45, 2.75) is 6.42 Å². The van der Waals surface area contributed by atoms with Crippen molar-refractivity contribution < 1.29 is 19.0 Å². The predicted octanol–water partition coefficient (Wildman–Crippen LogP) is 3.98. The van der Waals surface area contributed by atoms with Gasteiger partial charge in [0.1, 0.15) is 19.0 Å². The molecule has 8 heteroatoms. The van der Waals surface area contributed by atoms with E-state index in [9.17, 15) is 4.79 Å². The highest BCUT2D eigenvalue weighted by Gasteiger charge is 2.16. The monoisotopic (exact) mass is 441 g/mol. The third-order valence-corrected chi connectivity index (χ3v) is 4.69. The molecule has 3 aromatic rings. The van der Waals surface area contributed by atoms with E-state index in [1.165, 1.54) is 0 Å². The van der Waals surface area contributed by atoms with Crippen LogP contribution in [0.5, 0.6) is 23.3 Å². The van der Waals surface area contributed by atoms with Gasteiger partial charge in [-0.3, -0.25) is 4.79 Å². The molecule has 0 saturated heterocycles. The van der Waals surface area contributed by atoms with Crippen LogP contribution in [0.3, 0.4) is 0 Å². The Morgan fingerprint density at radius 2 is 1.75 bits per heavy atom. The van der Waals surface area contributed by atoms with Crippen molar-refractivity contribution in [2.75, 3.05) is 18.5 Å². The molecule has 1 N–H and O–H groups in total. The van der Waals surface area contributed by atoms with Crippen molar-refractivity contribution in [1.29, 1.82) is 0 Å². The van der Waals surface area contributed by atoms with E-state index in [0.29, 0.717) is 36.1 Å². The summed E-state index contributed by atoms with van der Waals surface area (Å²) in [6, 6.07) is 12.6. The van der Waals surface area contributed by atoms with E-state index in [0.717, 1.165) is 10.0 Å². The lowest BCUT2D eigenvalue weighted by atomic mass is 10.1. The van der Waals surface area contributed by atoms with Crippen molar-refractivity contribution in [1.82, 2.24) is 9.97 Å². The number of benzene rings is 2. The number of nitrogens with one attached hydrogen (secondary N) is 1. The molecule has 0 saturated carbocycles. The molecule has 1 aromatic heterocycles. The van der Waals surface area contributed by atoms with Gasteiger partial charge in [0.15, 0.2) is 11.5 Å². The Balaban J connectivity index is 1.39. The summed E-state index contributed by atoms with van der Waals surface area (Å²) in [4.78, 5) is 20.4. The lowest BCUT2D eigenvalue weighted by molar-refractivity contribution is -0.115. The zero-order valence-electron chi connectivity index (χ0n) is 14.7. The topological polar surface area (TPSA) is 82.6 Å². The van der Waals surface area contributed by atoms with Crippen molar-refractivity contribution in [2.24, 2.45) is 0 Å². The van der Waals surface area contributed by atoms with Crippen LogP contribution in [0.1, 0.15) is 5.56 Å². The molecule has 0 radical (unpaired) electrons. The smallest absolute Gasteiger partial charge is 0.321 e. The summed E-state index contributed by atoms with van der Waals surface area (Å²) in [7, 11) is 0. The van der Waals surface area contributed by atoms with Gasteiger partial charge in [-0.05, 0) is 48.0 Å². The van der Waals surface area contributed by atoms with Gasteiger partial charge < -0.3 is 19.5 Å². The summed E-state index contributed by atoms with van der Waals surface area (Å²) in [5.74, 6) is 1.78. The molecule has 7 nitrogen and oxygen atoms in total. The van der Waals surface area contributed by atoms with Gasteiger partial charge in [0.05, 0.1) is 6.42 Å². The minimum atomic E-state index is -0.141. The SMILES string of the molecule is O=C(Cc1cc2c(cc1Br)OCCO2)Nc1ccc(Oc2ncccn2)cc1. The second-order valence-corrected chi connectivity index (χ2v) is 6.82. The minimum absolute atomic E-state index is 0.141. The number of anilines is 1. The van der Waals surface area contributed by atoms with E-state index in [4.69, 9.17) is 14.2 Å². The molecule has 1 amide bonds. The molecule has 2 aromatic carbocycles. The third-order valence-electron chi connectivity index (χ3n) is 3.95. The molecule has 0 unspecified atom stereocenters. The summed E-state index contributed by atoms with van der Waals surface area (Å²) < 4.78 is 17.5. The van der Waals surface area contributed by atoms with Gasteiger partial charge in [0, 0.05) is 22.6 Å². The molecule has 0 spiro atoms. The van der Waals surface area contributed by atoms with E-state index < -0.39 is 0 Å². The highest BCUT2D eigenvalue weighted by atomic mass is 79.9. The molecule has 28 heavy (non-hydrogen) atoms. The van der Waals surface area contributed by atoms with E-state index in [-0.39, 0.29) is 18.3 Å². The third kappa shape index (κ3) is 4.40. The fourth-order valence-corrected chi connectivity index (χ4v) is 3.13. The zero-order valence-corrected chi connectivity index (χ0v) is 16.3. The van der Waals surface area contributed by atoms with E-state index in [1.807, 2.05) is 12.1 Å². The zero-order chi connectivity index (χ0) is 19.3. The first-order valence-electron chi connectivity index (χ1n) is 8.60. The molecule has 0 bridgehead atoms. The first-order valence-corrected chi connectivity index (χ1v) is 9.39. The normalized spacial score (nSPS) is 12.3. The maximum Gasteiger partial charge on any atom is 0.321 e.